The summed E-state index contributed by atoms with van der Waals surface area (Å²) < 4.78 is 10.3. The average molecular weight is 444 g/mol. The van der Waals surface area contributed by atoms with Gasteiger partial charge in [0.2, 0.25) is 0 Å². The summed E-state index contributed by atoms with van der Waals surface area (Å²) in [7, 11) is 1.65. The number of nitrogens with one attached hydrogen (secondary N) is 3. The van der Waals surface area contributed by atoms with E-state index >= 15 is 0 Å². The fourth-order valence-electron chi connectivity index (χ4n) is 1.51. The second-order valence-electron chi connectivity index (χ2n) is 6.63. The number of carbonyl (C=O) groups is 1. The van der Waals surface area contributed by atoms with Crippen LogP contribution < -0.4 is 16.0 Å². The molecular weight excluding hydrogens is 411 g/mol. The standard InChI is InChI=1S/C15H32N4O3.HI/c1-8-16-12(17-9-10-21-7)18-11-15(5,6)19-13(20)22-14(2,3)4;/h8-11H2,1-7H3,(H,19,20)(H2,16,17,18);1H. The van der Waals surface area contributed by atoms with E-state index < -0.39 is 17.2 Å². The molecule has 0 fully saturated rings. The Morgan fingerprint density at radius 2 is 1.74 bits per heavy atom. The van der Waals surface area contributed by atoms with Crippen molar-refractivity contribution in [3.63, 3.8) is 0 Å². The van der Waals surface area contributed by atoms with Crippen LogP contribution in [0, 0.1) is 0 Å². The Kier molecular flexibility index (Phi) is 12.5. The molecule has 0 saturated carbocycles. The molecule has 8 heteroatoms. The van der Waals surface area contributed by atoms with E-state index in [1.807, 2.05) is 41.5 Å². The van der Waals surface area contributed by atoms with Gasteiger partial charge in [-0.1, -0.05) is 0 Å². The highest BCUT2D eigenvalue weighted by molar-refractivity contribution is 14.0. The van der Waals surface area contributed by atoms with Crippen LogP contribution in [0.4, 0.5) is 4.79 Å². The lowest BCUT2D eigenvalue weighted by atomic mass is 10.1. The minimum Gasteiger partial charge on any atom is -0.444 e. The molecule has 7 nitrogen and oxygen atoms in total. The Bertz CT molecular complexity index is 368. The lowest BCUT2D eigenvalue weighted by Gasteiger charge is -2.27. The third-order valence-corrected chi connectivity index (χ3v) is 2.41. The van der Waals surface area contributed by atoms with Gasteiger partial charge in [0.1, 0.15) is 5.60 Å². The van der Waals surface area contributed by atoms with Gasteiger partial charge in [0.25, 0.3) is 0 Å². The first-order chi connectivity index (χ1) is 10.1. The predicted molar refractivity (Wildman–Crippen MR) is 105 cm³/mol. The number of guanidine groups is 1. The maximum atomic E-state index is 11.8. The molecule has 0 aliphatic heterocycles. The normalized spacial score (nSPS) is 12.2. The number of carbonyl (C=O) groups excluding carboxylic acids is 1. The fourth-order valence-corrected chi connectivity index (χ4v) is 1.51. The molecule has 0 saturated heterocycles. The lowest BCUT2D eigenvalue weighted by Crippen LogP contribution is -2.49. The van der Waals surface area contributed by atoms with Crippen LogP contribution in [0.1, 0.15) is 41.5 Å². The highest BCUT2D eigenvalue weighted by Gasteiger charge is 2.24. The van der Waals surface area contributed by atoms with Crippen LogP contribution >= 0.6 is 24.0 Å². The van der Waals surface area contributed by atoms with E-state index in [0.29, 0.717) is 25.7 Å². The lowest BCUT2D eigenvalue weighted by molar-refractivity contribution is 0.0476. The number of hydrogen-bond donors (Lipinski definition) is 3. The summed E-state index contributed by atoms with van der Waals surface area (Å²) in [6.45, 7) is 13.8. The number of alkyl carbamates (subject to hydrolysis) is 1. The number of amides is 1. The Morgan fingerprint density at radius 1 is 1.13 bits per heavy atom. The van der Waals surface area contributed by atoms with Gasteiger partial charge in [0.05, 0.1) is 18.7 Å². The molecule has 1 amide bonds. The van der Waals surface area contributed by atoms with Gasteiger partial charge in [-0.3, -0.25) is 4.99 Å². The van der Waals surface area contributed by atoms with Crippen molar-refractivity contribution in [3.05, 3.63) is 0 Å². The molecule has 0 aromatic carbocycles. The van der Waals surface area contributed by atoms with Crippen molar-refractivity contribution in [1.82, 2.24) is 16.0 Å². The number of nitrogens with zero attached hydrogens (tertiary/aromatic N) is 1. The van der Waals surface area contributed by atoms with Gasteiger partial charge in [-0.15, -0.1) is 24.0 Å². The zero-order chi connectivity index (χ0) is 17.2. The third-order valence-electron chi connectivity index (χ3n) is 2.41. The summed E-state index contributed by atoms with van der Waals surface area (Å²) in [5.74, 6) is 0.693. The molecule has 0 bridgehead atoms. The Labute approximate surface area is 157 Å². The van der Waals surface area contributed by atoms with E-state index in [1.165, 1.54) is 0 Å². The molecule has 0 atom stereocenters. The highest BCUT2D eigenvalue weighted by Crippen LogP contribution is 2.09. The van der Waals surface area contributed by atoms with Crippen molar-refractivity contribution < 1.29 is 14.3 Å². The second kappa shape index (κ2) is 11.7. The minimum atomic E-state index is -0.514. The largest absolute Gasteiger partial charge is 0.444 e. The molecule has 0 rings (SSSR count). The first-order valence-electron chi connectivity index (χ1n) is 7.62. The van der Waals surface area contributed by atoms with Gasteiger partial charge in [-0.25, -0.2) is 4.79 Å². The van der Waals surface area contributed by atoms with Gasteiger partial charge >= 0.3 is 6.09 Å². The van der Waals surface area contributed by atoms with Crippen molar-refractivity contribution in [2.24, 2.45) is 4.99 Å². The zero-order valence-electron chi connectivity index (χ0n) is 15.4. The van der Waals surface area contributed by atoms with Crippen LogP contribution in [0.15, 0.2) is 4.99 Å². The summed E-state index contributed by atoms with van der Waals surface area (Å²) in [4.78, 5) is 16.3. The number of ether oxygens (including phenoxy) is 2. The van der Waals surface area contributed by atoms with Gasteiger partial charge in [0.15, 0.2) is 5.96 Å². The molecule has 0 aromatic rings. The molecule has 0 radical (unpaired) electrons. The van der Waals surface area contributed by atoms with E-state index in [2.05, 4.69) is 20.9 Å². The summed E-state index contributed by atoms with van der Waals surface area (Å²) in [5.41, 5.74) is -1.02. The molecule has 3 N–H and O–H groups in total. The minimum absolute atomic E-state index is 0. The number of rotatable bonds is 7. The molecule has 0 unspecified atom stereocenters. The maximum absolute atomic E-state index is 11.8. The maximum Gasteiger partial charge on any atom is 0.408 e. The van der Waals surface area contributed by atoms with Crippen LogP contribution in [0.25, 0.3) is 0 Å². The van der Waals surface area contributed by atoms with Crippen LogP contribution in [0.3, 0.4) is 0 Å². The van der Waals surface area contributed by atoms with E-state index in [0.717, 1.165) is 6.54 Å². The molecular formula is C15H33IN4O3. The molecule has 0 aromatic heterocycles. The van der Waals surface area contributed by atoms with Crippen molar-refractivity contribution in [1.29, 1.82) is 0 Å². The molecule has 138 valence electrons. The van der Waals surface area contributed by atoms with Gasteiger partial charge in [0, 0.05) is 20.2 Å². The number of aliphatic imine (C=N–C) groups is 1. The Balaban J connectivity index is 0. The first kappa shape index (κ1) is 24.5. The monoisotopic (exact) mass is 444 g/mol. The second-order valence-corrected chi connectivity index (χ2v) is 6.63. The van der Waals surface area contributed by atoms with E-state index in [4.69, 9.17) is 9.47 Å². The fraction of sp³-hybridized carbons (Fsp3) is 0.867. The van der Waals surface area contributed by atoms with Crippen molar-refractivity contribution in [2.45, 2.75) is 52.7 Å². The summed E-state index contributed by atoms with van der Waals surface area (Å²) in [6, 6.07) is 0. The third kappa shape index (κ3) is 14.5. The number of hydrogen-bond acceptors (Lipinski definition) is 4. The molecule has 0 aliphatic rings. The smallest absolute Gasteiger partial charge is 0.408 e. The number of methoxy groups -OCH3 is 1. The van der Waals surface area contributed by atoms with E-state index in [9.17, 15) is 4.79 Å². The van der Waals surface area contributed by atoms with Crippen LogP contribution in [0.5, 0.6) is 0 Å². The first-order valence-corrected chi connectivity index (χ1v) is 7.62. The Morgan fingerprint density at radius 3 is 2.22 bits per heavy atom. The highest BCUT2D eigenvalue weighted by atomic mass is 127. The van der Waals surface area contributed by atoms with Crippen LogP contribution in [-0.4, -0.2) is 56.5 Å². The topological polar surface area (TPSA) is 84.0 Å². The van der Waals surface area contributed by atoms with Gasteiger partial charge in [-0.2, -0.15) is 0 Å². The number of halogens is 1. The molecule has 0 aliphatic carbocycles. The average Bonchev–Trinajstić information content (AvgIpc) is 2.33. The van der Waals surface area contributed by atoms with E-state index in [-0.39, 0.29) is 24.0 Å². The molecule has 0 spiro atoms. The van der Waals surface area contributed by atoms with E-state index in [1.54, 1.807) is 7.11 Å². The zero-order valence-corrected chi connectivity index (χ0v) is 17.7. The molecule has 23 heavy (non-hydrogen) atoms. The van der Waals surface area contributed by atoms with Crippen molar-refractivity contribution in [3.8, 4) is 0 Å². The summed E-state index contributed by atoms with van der Waals surface area (Å²) in [6.07, 6.45) is -0.440. The van der Waals surface area contributed by atoms with Crippen LogP contribution in [-0.2, 0) is 9.47 Å². The van der Waals surface area contributed by atoms with Crippen LogP contribution in [0.2, 0.25) is 0 Å². The van der Waals surface area contributed by atoms with Crippen molar-refractivity contribution >= 4 is 36.0 Å². The van der Waals surface area contributed by atoms with Gasteiger partial charge in [-0.05, 0) is 41.5 Å². The quantitative estimate of drug-likeness (QED) is 0.243. The molecule has 0 heterocycles. The van der Waals surface area contributed by atoms with Gasteiger partial charge < -0.3 is 25.4 Å². The SMILES string of the molecule is CCNC(=NCC(C)(C)NC(=O)OC(C)(C)C)NCCOC.I. The summed E-state index contributed by atoms with van der Waals surface area (Å²) in [5, 5.41) is 9.13. The van der Waals surface area contributed by atoms with Crippen molar-refractivity contribution in [2.75, 3.05) is 33.4 Å². The Hall–Kier alpha value is -0.770. The predicted octanol–water partition coefficient (Wildman–Crippen LogP) is 2.11. The summed E-state index contributed by atoms with van der Waals surface area (Å²) >= 11 is 0.